The lowest BCUT2D eigenvalue weighted by atomic mass is 10.2. The number of aromatic carboxylic acids is 1. The van der Waals surface area contributed by atoms with Gasteiger partial charge in [0.05, 0.1) is 11.3 Å². The fraction of sp³-hybridized carbons (Fsp3) is 0.238. The number of carboxylic acids is 1. The van der Waals surface area contributed by atoms with Gasteiger partial charge in [0.2, 0.25) is 11.8 Å². The first-order chi connectivity index (χ1) is 14.3. The van der Waals surface area contributed by atoms with Crippen LogP contribution in [0.15, 0.2) is 47.5 Å². The molecule has 3 rings (SSSR count). The highest BCUT2D eigenvalue weighted by Crippen LogP contribution is 2.31. The van der Waals surface area contributed by atoms with E-state index in [-0.39, 0.29) is 23.8 Å². The zero-order valence-electron chi connectivity index (χ0n) is 16.4. The molecule has 2 aromatic carbocycles. The number of anilines is 2. The Balaban J connectivity index is 1.76. The first kappa shape index (κ1) is 21.9. The fourth-order valence-corrected chi connectivity index (χ4v) is 4.41. The number of hydrogen-bond donors (Lipinski definition) is 2. The second-order valence-electron chi connectivity index (χ2n) is 6.65. The Morgan fingerprint density at radius 1 is 1.27 bits per heavy atom. The van der Waals surface area contributed by atoms with E-state index < -0.39 is 11.2 Å². The molecule has 0 aromatic heterocycles. The number of nitrogens with one attached hydrogen (secondary N) is 1. The minimum atomic E-state index is -1.07. The molecule has 0 unspecified atom stereocenters. The molecule has 1 atom stereocenters. The quantitative estimate of drug-likeness (QED) is 0.406. The summed E-state index contributed by atoms with van der Waals surface area (Å²) in [5, 5.41) is 12.7. The molecule has 2 aromatic rings. The monoisotopic (exact) mass is 445 g/mol. The molecule has 7 nitrogen and oxygen atoms in total. The van der Waals surface area contributed by atoms with Crippen LogP contribution in [-0.4, -0.2) is 39.9 Å². The zero-order chi connectivity index (χ0) is 21.8. The molecule has 9 heteroatoms. The topological polar surface area (TPSA) is 99.1 Å². The maximum Gasteiger partial charge on any atom is 0.335 e. The molecule has 30 heavy (non-hydrogen) atoms. The number of amidine groups is 1. The van der Waals surface area contributed by atoms with Crippen LogP contribution in [0.5, 0.6) is 0 Å². The Hall–Kier alpha value is -2.84. The average Bonchev–Trinajstić information content (AvgIpc) is 2.94. The number of halogens is 1. The highest BCUT2D eigenvalue weighted by Gasteiger charge is 2.40. The SMILES string of the molecule is CCN=C(Nc1cc(C)cc(Cl)c1)S[C@H]1CC(=O)N(c2ccc(C(=O)O)cc2)C1=O. The van der Waals surface area contributed by atoms with Crippen LogP contribution in [0.25, 0.3) is 0 Å². The largest absolute Gasteiger partial charge is 0.478 e. The Morgan fingerprint density at radius 2 is 1.97 bits per heavy atom. The Bertz CT molecular complexity index is 1000. The molecule has 156 valence electrons. The van der Waals surface area contributed by atoms with E-state index in [9.17, 15) is 14.4 Å². The standard InChI is InChI=1S/C21H20ClN3O4S/c1-3-23-21(24-15-9-12(2)8-14(22)10-15)30-17-11-18(26)25(19(17)27)16-6-4-13(5-7-16)20(28)29/h4-10,17H,3,11H2,1-2H3,(H,23,24)(H,28,29)/t17-/m0/s1. The van der Waals surface area contributed by atoms with E-state index in [1.165, 1.54) is 36.0 Å². The van der Waals surface area contributed by atoms with Gasteiger partial charge < -0.3 is 10.4 Å². The van der Waals surface area contributed by atoms with E-state index in [0.29, 0.717) is 22.4 Å². The highest BCUT2D eigenvalue weighted by molar-refractivity contribution is 8.15. The molecule has 1 heterocycles. The third-order valence-corrected chi connectivity index (χ3v) is 5.65. The number of thioether (sulfide) groups is 1. The van der Waals surface area contributed by atoms with Gasteiger partial charge in [-0.05, 0) is 61.9 Å². The van der Waals surface area contributed by atoms with Crippen LogP contribution in [0.3, 0.4) is 0 Å². The molecule has 0 spiro atoms. The van der Waals surface area contributed by atoms with Crippen LogP contribution < -0.4 is 10.2 Å². The summed E-state index contributed by atoms with van der Waals surface area (Å²) in [6, 6.07) is 11.2. The van der Waals surface area contributed by atoms with Crippen LogP contribution >= 0.6 is 23.4 Å². The first-order valence-electron chi connectivity index (χ1n) is 9.24. The molecule has 1 aliphatic rings. The van der Waals surface area contributed by atoms with Gasteiger partial charge in [-0.2, -0.15) is 0 Å². The van der Waals surface area contributed by atoms with Crippen molar-refractivity contribution in [3.63, 3.8) is 0 Å². The second-order valence-corrected chi connectivity index (χ2v) is 8.28. The molecule has 1 saturated heterocycles. The van der Waals surface area contributed by atoms with Gasteiger partial charge in [-0.25, -0.2) is 9.69 Å². The maximum atomic E-state index is 12.9. The molecule has 1 fully saturated rings. The lowest BCUT2D eigenvalue weighted by molar-refractivity contribution is -0.121. The molecule has 0 aliphatic carbocycles. The molecule has 0 saturated carbocycles. The second kappa shape index (κ2) is 9.32. The Labute approximate surface area is 183 Å². The molecular formula is C21H20ClN3O4S. The summed E-state index contributed by atoms with van der Waals surface area (Å²) < 4.78 is 0. The molecule has 1 aliphatic heterocycles. The lowest BCUT2D eigenvalue weighted by Gasteiger charge is -2.16. The number of aliphatic imine (C=N–C) groups is 1. The summed E-state index contributed by atoms with van der Waals surface area (Å²) in [5.41, 5.74) is 2.17. The predicted octanol–water partition coefficient (Wildman–Crippen LogP) is 4.20. The number of amides is 2. The van der Waals surface area contributed by atoms with Gasteiger partial charge in [-0.3, -0.25) is 14.6 Å². The number of imide groups is 1. The number of carboxylic acid groups (broad SMARTS) is 1. The van der Waals surface area contributed by atoms with E-state index >= 15 is 0 Å². The van der Waals surface area contributed by atoms with Crippen molar-refractivity contribution in [3.8, 4) is 0 Å². The van der Waals surface area contributed by atoms with E-state index in [0.717, 1.165) is 16.2 Å². The van der Waals surface area contributed by atoms with Crippen LogP contribution in [0.4, 0.5) is 11.4 Å². The van der Waals surface area contributed by atoms with Crippen molar-refractivity contribution in [1.29, 1.82) is 0 Å². The van der Waals surface area contributed by atoms with Gasteiger partial charge in [0.25, 0.3) is 0 Å². The molecule has 2 N–H and O–H groups in total. The number of nitrogens with zero attached hydrogens (tertiary/aromatic N) is 2. The van der Waals surface area contributed by atoms with E-state index in [4.69, 9.17) is 16.7 Å². The molecule has 2 amide bonds. The summed E-state index contributed by atoms with van der Waals surface area (Å²) in [4.78, 5) is 41.9. The first-order valence-corrected chi connectivity index (χ1v) is 10.5. The molecule has 0 bridgehead atoms. The van der Waals surface area contributed by atoms with Gasteiger partial charge in [-0.15, -0.1) is 0 Å². The third-order valence-electron chi connectivity index (χ3n) is 4.33. The summed E-state index contributed by atoms with van der Waals surface area (Å²) in [7, 11) is 0. The summed E-state index contributed by atoms with van der Waals surface area (Å²) in [5.74, 6) is -1.77. The van der Waals surface area contributed by atoms with E-state index in [1.807, 2.05) is 26.0 Å². The highest BCUT2D eigenvalue weighted by atomic mass is 35.5. The smallest absolute Gasteiger partial charge is 0.335 e. The van der Waals surface area contributed by atoms with E-state index in [1.54, 1.807) is 6.07 Å². The summed E-state index contributed by atoms with van der Waals surface area (Å²) in [6.45, 7) is 4.31. The van der Waals surface area contributed by atoms with Gasteiger partial charge in [-0.1, -0.05) is 23.4 Å². The average molecular weight is 446 g/mol. The summed E-state index contributed by atoms with van der Waals surface area (Å²) >= 11 is 7.30. The Morgan fingerprint density at radius 3 is 2.57 bits per heavy atom. The van der Waals surface area contributed by atoms with Crippen molar-refractivity contribution < 1.29 is 19.5 Å². The van der Waals surface area contributed by atoms with Crippen molar-refractivity contribution in [2.24, 2.45) is 4.99 Å². The fourth-order valence-electron chi connectivity index (χ4n) is 3.04. The summed E-state index contributed by atoms with van der Waals surface area (Å²) in [6.07, 6.45) is 0.0309. The number of benzene rings is 2. The van der Waals surface area contributed by atoms with Crippen molar-refractivity contribution in [3.05, 3.63) is 58.6 Å². The van der Waals surface area contributed by atoms with Gasteiger partial charge in [0, 0.05) is 23.7 Å². The van der Waals surface area contributed by atoms with Gasteiger partial charge in [0.1, 0.15) is 5.25 Å². The number of aryl methyl sites for hydroxylation is 1. The molecular weight excluding hydrogens is 426 g/mol. The van der Waals surface area contributed by atoms with Crippen LogP contribution in [0, 0.1) is 6.92 Å². The third kappa shape index (κ3) is 5.01. The minimum absolute atomic E-state index is 0.0309. The van der Waals surface area contributed by atoms with Crippen molar-refractivity contribution in [2.75, 3.05) is 16.8 Å². The minimum Gasteiger partial charge on any atom is -0.478 e. The van der Waals surface area contributed by atoms with Crippen molar-refractivity contribution >= 4 is 57.7 Å². The maximum absolute atomic E-state index is 12.9. The number of hydrogen-bond acceptors (Lipinski definition) is 5. The van der Waals surface area contributed by atoms with E-state index in [2.05, 4.69) is 10.3 Å². The Kier molecular flexibility index (Phi) is 6.79. The normalized spacial score (nSPS) is 16.8. The predicted molar refractivity (Wildman–Crippen MR) is 120 cm³/mol. The van der Waals surface area contributed by atoms with Crippen LogP contribution in [0.1, 0.15) is 29.3 Å². The van der Waals surface area contributed by atoms with Gasteiger partial charge in [0.15, 0.2) is 5.17 Å². The number of rotatable bonds is 5. The number of carbonyl (C=O) groups excluding carboxylic acids is 2. The van der Waals surface area contributed by atoms with Crippen molar-refractivity contribution in [2.45, 2.75) is 25.5 Å². The zero-order valence-corrected chi connectivity index (χ0v) is 18.0. The molecule has 0 radical (unpaired) electrons. The number of carbonyl (C=O) groups is 3. The van der Waals surface area contributed by atoms with Crippen molar-refractivity contribution in [1.82, 2.24) is 0 Å². The van der Waals surface area contributed by atoms with Gasteiger partial charge >= 0.3 is 5.97 Å². The van der Waals surface area contributed by atoms with Crippen LogP contribution in [-0.2, 0) is 9.59 Å². The lowest BCUT2D eigenvalue weighted by Crippen LogP contribution is -2.31. The van der Waals surface area contributed by atoms with Crippen LogP contribution in [0.2, 0.25) is 5.02 Å².